The van der Waals surface area contributed by atoms with Crippen LogP contribution in [0.5, 0.6) is 0 Å². The van der Waals surface area contributed by atoms with Gasteiger partial charge in [-0.2, -0.15) is 11.8 Å². The van der Waals surface area contributed by atoms with Crippen LogP contribution in [0.3, 0.4) is 0 Å². The molecule has 1 fully saturated rings. The molecular weight excluding hydrogens is 276 g/mol. The van der Waals surface area contributed by atoms with Gasteiger partial charge >= 0.3 is 0 Å². The molecule has 19 heavy (non-hydrogen) atoms. The number of hydrogen-bond acceptors (Lipinski definition) is 3. The third-order valence-electron chi connectivity index (χ3n) is 4.33. The molecule has 0 aliphatic carbocycles. The summed E-state index contributed by atoms with van der Waals surface area (Å²) in [5, 5.41) is 1.38. The van der Waals surface area contributed by atoms with Crippen LogP contribution in [0.15, 0.2) is 24.3 Å². The van der Waals surface area contributed by atoms with E-state index in [1.54, 1.807) is 0 Å². The molecule has 1 heterocycles. The smallest absolute Gasteiger partial charge is 0.0448 e. The zero-order valence-corrected chi connectivity index (χ0v) is 13.3. The molecule has 1 saturated heterocycles. The van der Waals surface area contributed by atoms with Gasteiger partial charge < -0.3 is 5.73 Å². The highest BCUT2D eigenvalue weighted by atomic mass is 35.5. The standard InChI is InChI=1S/C15H23ClN2S/c1-12-15(11-17,8-3-9-19-12)18(2)10-13-4-6-14(16)7-5-13/h4-7,12H,3,8-11,17H2,1-2H3. The van der Waals surface area contributed by atoms with Gasteiger partial charge in [-0.25, -0.2) is 0 Å². The number of benzene rings is 1. The van der Waals surface area contributed by atoms with Crippen molar-refractivity contribution in [2.24, 2.45) is 5.73 Å². The number of nitrogens with two attached hydrogens (primary N) is 1. The summed E-state index contributed by atoms with van der Waals surface area (Å²) in [5.74, 6) is 1.26. The lowest BCUT2D eigenvalue weighted by Gasteiger charge is -2.48. The van der Waals surface area contributed by atoms with Crippen LogP contribution >= 0.6 is 23.4 Å². The third-order valence-corrected chi connectivity index (χ3v) is 6.04. The summed E-state index contributed by atoms with van der Waals surface area (Å²) in [6.07, 6.45) is 2.46. The molecule has 0 amide bonds. The molecule has 0 bridgehead atoms. The second kappa shape index (κ2) is 6.49. The zero-order valence-electron chi connectivity index (χ0n) is 11.7. The van der Waals surface area contributed by atoms with Gasteiger partial charge in [0.2, 0.25) is 0 Å². The molecule has 1 aliphatic rings. The molecule has 2 atom stereocenters. The van der Waals surface area contributed by atoms with E-state index in [0.717, 1.165) is 18.1 Å². The summed E-state index contributed by atoms with van der Waals surface area (Å²) in [4.78, 5) is 2.44. The van der Waals surface area contributed by atoms with Gasteiger partial charge in [0.1, 0.15) is 0 Å². The van der Waals surface area contributed by atoms with Crippen LogP contribution < -0.4 is 5.73 Å². The minimum absolute atomic E-state index is 0.128. The van der Waals surface area contributed by atoms with E-state index < -0.39 is 0 Å². The van der Waals surface area contributed by atoms with Crippen LogP contribution in [0.25, 0.3) is 0 Å². The van der Waals surface area contributed by atoms with E-state index in [4.69, 9.17) is 17.3 Å². The number of rotatable bonds is 4. The summed E-state index contributed by atoms with van der Waals surface area (Å²) < 4.78 is 0. The number of nitrogens with zero attached hydrogens (tertiary/aromatic N) is 1. The van der Waals surface area contributed by atoms with Crippen molar-refractivity contribution in [2.75, 3.05) is 19.3 Å². The molecule has 2 unspecified atom stereocenters. The van der Waals surface area contributed by atoms with Crippen LogP contribution in [0, 0.1) is 0 Å². The first-order chi connectivity index (χ1) is 9.08. The average Bonchev–Trinajstić information content (AvgIpc) is 2.42. The van der Waals surface area contributed by atoms with Crippen LogP contribution in [0.2, 0.25) is 5.02 Å². The van der Waals surface area contributed by atoms with E-state index in [9.17, 15) is 0 Å². The lowest BCUT2D eigenvalue weighted by Crippen LogP contribution is -2.59. The molecule has 2 N–H and O–H groups in total. The Labute approximate surface area is 125 Å². The Morgan fingerprint density at radius 1 is 1.42 bits per heavy atom. The number of halogens is 1. The molecule has 1 aliphatic heterocycles. The van der Waals surface area contributed by atoms with Crippen LogP contribution in [-0.4, -0.2) is 35.0 Å². The monoisotopic (exact) mass is 298 g/mol. The molecule has 1 aromatic rings. The topological polar surface area (TPSA) is 29.3 Å². The Morgan fingerprint density at radius 3 is 2.68 bits per heavy atom. The van der Waals surface area contributed by atoms with Crippen molar-refractivity contribution in [1.29, 1.82) is 0 Å². The minimum Gasteiger partial charge on any atom is -0.329 e. The van der Waals surface area contributed by atoms with E-state index in [0.29, 0.717) is 5.25 Å². The first-order valence-electron chi connectivity index (χ1n) is 6.86. The Balaban J connectivity index is 2.12. The molecule has 2 rings (SSSR count). The highest BCUT2D eigenvalue weighted by Gasteiger charge is 2.40. The van der Waals surface area contributed by atoms with Crippen molar-refractivity contribution in [3.05, 3.63) is 34.9 Å². The Kier molecular flexibility index (Phi) is 5.18. The van der Waals surface area contributed by atoms with Gasteiger partial charge in [-0.15, -0.1) is 0 Å². The maximum Gasteiger partial charge on any atom is 0.0448 e. The van der Waals surface area contributed by atoms with Gasteiger partial charge in [0.05, 0.1) is 0 Å². The van der Waals surface area contributed by atoms with E-state index in [2.05, 4.69) is 31.0 Å². The average molecular weight is 299 g/mol. The molecule has 0 spiro atoms. The summed E-state index contributed by atoms with van der Waals surface area (Å²) in [7, 11) is 2.20. The predicted octanol–water partition coefficient (Wildman–Crippen LogP) is 3.38. The fourth-order valence-corrected chi connectivity index (χ4v) is 4.44. The summed E-state index contributed by atoms with van der Waals surface area (Å²) in [5.41, 5.74) is 7.55. The normalized spacial score (nSPS) is 27.7. The van der Waals surface area contributed by atoms with Crippen molar-refractivity contribution >= 4 is 23.4 Å². The summed E-state index contributed by atoms with van der Waals surface area (Å²) in [6.45, 7) is 3.97. The van der Waals surface area contributed by atoms with E-state index in [1.165, 1.54) is 24.2 Å². The van der Waals surface area contributed by atoms with Crippen LogP contribution in [-0.2, 0) is 6.54 Å². The fraction of sp³-hybridized carbons (Fsp3) is 0.600. The number of likely N-dealkylation sites (N-methyl/N-ethyl adjacent to an activating group) is 1. The Bertz CT molecular complexity index is 409. The molecule has 0 radical (unpaired) electrons. The number of thioether (sulfide) groups is 1. The number of hydrogen-bond donors (Lipinski definition) is 1. The summed E-state index contributed by atoms with van der Waals surface area (Å²) in [6, 6.07) is 8.12. The van der Waals surface area contributed by atoms with Gasteiger partial charge in [0, 0.05) is 28.9 Å². The molecule has 4 heteroatoms. The maximum absolute atomic E-state index is 6.13. The van der Waals surface area contributed by atoms with Crippen molar-refractivity contribution in [2.45, 2.75) is 37.1 Å². The van der Waals surface area contributed by atoms with E-state index in [-0.39, 0.29) is 5.54 Å². The molecule has 2 nitrogen and oxygen atoms in total. The fourth-order valence-electron chi connectivity index (χ4n) is 2.94. The van der Waals surface area contributed by atoms with Gasteiger partial charge in [-0.05, 0) is 43.3 Å². The highest BCUT2D eigenvalue weighted by molar-refractivity contribution is 8.00. The van der Waals surface area contributed by atoms with Crippen LogP contribution in [0.1, 0.15) is 25.3 Å². The lowest BCUT2D eigenvalue weighted by molar-refractivity contribution is 0.104. The van der Waals surface area contributed by atoms with Gasteiger partial charge in [0.25, 0.3) is 0 Å². The van der Waals surface area contributed by atoms with Gasteiger partial charge in [0.15, 0.2) is 0 Å². The molecule has 1 aromatic carbocycles. The predicted molar refractivity (Wildman–Crippen MR) is 85.9 cm³/mol. The maximum atomic E-state index is 6.13. The quantitative estimate of drug-likeness (QED) is 0.924. The second-order valence-corrected chi connectivity index (χ2v) is 7.29. The second-order valence-electron chi connectivity index (χ2n) is 5.41. The van der Waals surface area contributed by atoms with Crippen molar-refractivity contribution in [1.82, 2.24) is 4.90 Å². The Morgan fingerprint density at radius 2 is 2.11 bits per heavy atom. The lowest BCUT2D eigenvalue weighted by atomic mass is 9.87. The minimum atomic E-state index is 0.128. The largest absolute Gasteiger partial charge is 0.329 e. The Hall–Kier alpha value is -0.220. The molecule has 0 aromatic heterocycles. The van der Waals surface area contributed by atoms with Gasteiger partial charge in [-0.3, -0.25) is 4.90 Å². The SMILES string of the molecule is CC1SCCCC1(CN)N(C)Cc1ccc(Cl)cc1. The van der Waals surface area contributed by atoms with Crippen molar-refractivity contribution in [3.63, 3.8) is 0 Å². The van der Waals surface area contributed by atoms with Crippen molar-refractivity contribution < 1.29 is 0 Å². The summed E-state index contributed by atoms with van der Waals surface area (Å²) >= 11 is 7.99. The first-order valence-corrected chi connectivity index (χ1v) is 8.28. The highest BCUT2D eigenvalue weighted by Crippen LogP contribution is 2.37. The van der Waals surface area contributed by atoms with Gasteiger partial charge in [-0.1, -0.05) is 30.7 Å². The molecular formula is C15H23ClN2S. The van der Waals surface area contributed by atoms with E-state index >= 15 is 0 Å². The zero-order chi connectivity index (χ0) is 13.9. The third kappa shape index (κ3) is 3.27. The molecule has 0 saturated carbocycles. The first kappa shape index (κ1) is 15.2. The molecule has 106 valence electrons. The van der Waals surface area contributed by atoms with Crippen molar-refractivity contribution in [3.8, 4) is 0 Å². The van der Waals surface area contributed by atoms with E-state index in [1.807, 2.05) is 23.9 Å². The van der Waals surface area contributed by atoms with Crippen LogP contribution in [0.4, 0.5) is 0 Å².